The highest BCUT2D eigenvalue weighted by atomic mass is 16.5. The van der Waals surface area contributed by atoms with Gasteiger partial charge in [-0.2, -0.15) is 0 Å². The molecule has 1 fully saturated rings. The van der Waals surface area contributed by atoms with Crippen molar-refractivity contribution in [2.24, 2.45) is 5.92 Å². The molecular formula is C14H23NO5. The fourth-order valence-electron chi connectivity index (χ4n) is 2.22. The van der Waals surface area contributed by atoms with Gasteiger partial charge >= 0.3 is 11.9 Å². The summed E-state index contributed by atoms with van der Waals surface area (Å²) in [5.41, 5.74) is 0. The molecule has 0 radical (unpaired) electrons. The average Bonchev–Trinajstić information content (AvgIpc) is 2.45. The lowest BCUT2D eigenvalue weighted by Crippen LogP contribution is -2.40. The molecule has 0 aromatic carbocycles. The first-order valence-electron chi connectivity index (χ1n) is 7.18. The zero-order valence-electron chi connectivity index (χ0n) is 12.2. The quantitative estimate of drug-likeness (QED) is 0.684. The van der Waals surface area contributed by atoms with Gasteiger partial charge in [-0.3, -0.25) is 14.4 Å². The van der Waals surface area contributed by atoms with Crippen LogP contribution < -0.4 is 0 Å². The number of carbonyl (C=O) groups is 3. The fourth-order valence-corrected chi connectivity index (χ4v) is 2.22. The van der Waals surface area contributed by atoms with Crippen molar-refractivity contribution in [3.63, 3.8) is 0 Å². The Hall–Kier alpha value is -1.59. The Labute approximate surface area is 119 Å². The summed E-state index contributed by atoms with van der Waals surface area (Å²) < 4.78 is 9.76. The van der Waals surface area contributed by atoms with Gasteiger partial charge in [-0.25, -0.2) is 0 Å². The number of piperidine rings is 1. The summed E-state index contributed by atoms with van der Waals surface area (Å²) in [5.74, 6) is -0.683. The van der Waals surface area contributed by atoms with Crippen LogP contribution in [0.3, 0.4) is 0 Å². The topological polar surface area (TPSA) is 72.9 Å². The molecule has 20 heavy (non-hydrogen) atoms. The highest BCUT2D eigenvalue weighted by Gasteiger charge is 2.28. The van der Waals surface area contributed by atoms with Gasteiger partial charge in [-0.1, -0.05) is 0 Å². The molecule has 114 valence electrons. The lowest BCUT2D eigenvalue weighted by molar-refractivity contribution is -0.151. The summed E-state index contributed by atoms with van der Waals surface area (Å²) in [6.07, 6.45) is 1.54. The molecule has 0 aliphatic carbocycles. The minimum absolute atomic E-state index is 0.0552. The van der Waals surface area contributed by atoms with Crippen LogP contribution in [-0.2, 0) is 23.9 Å². The molecule has 1 saturated heterocycles. The zero-order chi connectivity index (χ0) is 15.0. The third kappa shape index (κ3) is 5.19. The van der Waals surface area contributed by atoms with E-state index in [4.69, 9.17) is 9.47 Å². The summed E-state index contributed by atoms with van der Waals surface area (Å²) in [4.78, 5) is 36.4. The maximum Gasteiger partial charge on any atom is 0.309 e. The van der Waals surface area contributed by atoms with Crippen LogP contribution in [0.15, 0.2) is 0 Å². The normalized spacial score (nSPS) is 15.8. The highest BCUT2D eigenvalue weighted by Crippen LogP contribution is 2.19. The average molecular weight is 285 g/mol. The van der Waals surface area contributed by atoms with E-state index in [0.29, 0.717) is 39.1 Å². The van der Waals surface area contributed by atoms with E-state index < -0.39 is 0 Å². The minimum atomic E-state index is -0.345. The van der Waals surface area contributed by atoms with Crippen molar-refractivity contribution < 1.29 is 23.9 Å². The van der Waals surface area contributed by atoms with Crippen LogP contribution >= 0.6 is 0 Å². The Kier molecular flexibility index (Phi) is 7.04. The number of esters is 2. The summed E-state index contributed by atoms with van der Waals surface area (Å²) in [6.45, 7) is 5.33. The molecule has 6 nitrogen and oxygen atoms in total. The van der Waals surface area contributed by atoms with E-state index in [9.17, 15) is 14.4 Å². The lowest BCUT2D eigenvalue weighted by Gasteiger charge is -2.30. The van der Waals surface area contributed by atoms with Crippen molar-refractivity contribution in [2.45, 2.75) is 39.5 Å². The van der Waals surface area contributed by atoms with Gasteiger partial charge in [0.15, 0.2) is 0 Å². The van der Waals surface area contributed by atoms with Gasteiger partial charge in [0.1, 0.15) is 0 Å². The third-order valence-electron chi connectivity index (χ3n) is 3.32. The van der Waals surface area contributed by atoms with E-state index in [2.05, 4.69) is 0 Å². The standard InChI is InChI=1S/C14H23NO5/c1-3-19-13(17)6-5-12(16)15-9-7-11(8-10-15)14(18)20-4-2/h11H,3-10H2,1-2H3. The maximum atomic E-state index is 11.9. The molecule has 1 aliphatic heterocycles. The number of amides is 1. The van der Waals surface area contributed by atoms with E-state index in [-0.39, 0.29) is 36.6 Å². The van der Waals surface area contributed by atoms with Crippen LogP contribution in [-0.4, -0.2) is 49.0 Å². The Morgan fingerprint density at radius 2 is 1.60 bits per heavy atom. The molecule has 0 spiro atoms. The summed E-state index contributed by atoms with van der Waals surface area (Å²) in [5, 5.41) is 0. The molecule has 0 N–H and O–H groups in total. The number of likely N-dealkylation sites (tertiary alicyclic amines) is 1. The molecule has 0 aromatic rings. The van der Waals surface area contributed by atoms with Crippen molar-refractivity contribution in [3.8, 4) is 0 Å². The fraction of sp³-hybridized carbons (Fsp3) is 0.786. The largest absolute Gasteiger partial charge is 0.466 e. The number of ether oxygens (including phenoxy) is 2. The zero-order valence-corrected chi connectivity index (χ0v) is 12.2. The number of rotatable bonds is 6. The van der Waals surface area contributed by atoms with Crippen molar-refractivity contribution in [1.29, 1.82) is 0 Å². The highest BCUT2D eigenvalue weighted by molar-refractivity contribution is 5.81. The number of nitrogens with zero attached hydrogens (tertiary/aromatic N) is 1. The van der Waals surface area contributed by atoms with Crippen molar-refractivity contribution >= 4 is 17.8 Å². The maximum absolute atomic E-state index is 11.9. The van der Waals surface area contributed by atoms with Crippen LogP contribution in [0.25, 0.3) is 0 Å². The van der Waals surface area contributed by atoms with Crippen molar-refractivity contribution in [3.05, 3.63) is 0 Å². The summed E-state index contributed by atoms with van der Waals surface area (Å²) >= 11 is 0. The Balaban J connectivity index is 2.28. The lowest BCUT2D eigenvalue weighted by atomic mass is 9.97. The monoisotopic (exact) mass is 285 g/mol. The molecule has 0 saturated carbocycles. The van der Waals surface area contributed by atoms with E-state index in [1.807, 2.05) is 0 Å². The van der Waals surface area contributed by atoms with E-state index >= 15 is 0 Å². The second-order valence-corrected chi connectivity index (χ2v) is 4.71. The number of hydrogen-bond donors (Lipinski definition) is 0. The summed E-state index contributed by atoms with van der Waals surface area (Å²) in [6, 6.07) is 0. The Morgan fingerprint density at radius 1 is 1.00 bits per heavy atom. The van der Waals surface area contributed by atoms with Crippen LogP contribution in [0.1, 0.15) is 39.5 Å². The first-order valence-corrected chi connectivity index (χ1v) is 7.18. The van der Waals surface area contributed by atoms with E-state index in [0.717, 1.165) is 0 Å². The van der Waals surface area contributed by atoms with Gasteiger partial charge in [0.25, 0.3) is 0 Å². The van der Waals surface area contributed by atoms with Gasteiger partial charge < -0.3 is 14.4 Å². The Morgan fingerprint density at radius 3 is 2.15 bits per heavy atom. The van der Waals surface area contributed by atoms with Crippen LogP contribution in [0.5, 0.6) is 0 Å². The third-order valence-corrected chi connectivity index (χ3v) is 3.32. The van der Waals surface area contributed by atoms with Gasteiger partial charge in [0.05, 0.1) is 25.6 Å². The molecule has 1 rings (SSSR count). The van der Waals surface area contributed by atoms with Gasteiger partial charge in [-0.05, 0) is 26.7 Å². The number of hydrogen-bond acceptors (Lipinski definition) is 5. The van der Waals surface area contributed by atoms with Crippen LogP contribution in [0.4, 0.5) is 0 Å². The Bertz CT molecular complexity index is 347. The summed E-state index contributed by atoms with van der Waals surface area (Å²) in [7, 11) is 0. The predicted molar refractivity (Wildman–Crippen MR) is 71.8 cm³/mol. The first-order chi connectivity index (χ1) is 9.58. The molecule has 0 atom stereocenters. The van der Waals surface area contributed by atoms with E-state index in [1.165, 1.54) is 0 Å². The molecule has 1 amide bonds. The molecule has 6 heteroatoms. The van der Waals surface area contributed by atoms with Crippen LogP contribution in [0, 0.1) is 5.92 Å². The molecule has 1 aliphatic rings. The van der Waals surface area contributed by atoms with E-state index in [1.54, 1.807) is 18.7 Å². The SMILES string of the molecule is CCOC(=O)CCC(=O)N1CCC(C(=O)OCC)CC1. The van der Waals surface area contributed by atoms with Gasteiger partial charge in [0.2, 0.25) is 5.91 Å². The van der Waals surface area contributed by atoms with Crippen molar-refractivity contribution in [1.82, 2.24) is 4.90 Å². The predicted octanol–water partition coefficient (Wildman–Crippen LogP) is 1.13. The molecule has 1 heterocycles. The number of carbonyl (C=O) groups excluding carboxylic acids is 3. The van der Waals surface area contributed by atoms with Crippen molar-refractivity contribution in [2.75, 3.05) is 26.3 Å². The minimum Gasteiger partial charge on any atom is -0.466 e. The van der Waals surface area contributed by atoms with Gasteiger partial charge in [0, 0.05) is 19.5 Å². The smallest absolute Gasteiger partial charge is 0.309 e. The molecular weight excluding hydrogens is 262 g/mol. The first kappa shape index (κ1) is 16.5. The second kappa shape index (κ2) is 8.55. The van der Waals surface area contributed by atoms with Gasteiger partial charge in [-0.15, -0.1) is 0 Å². The molecule has 0 unspecified atom stereocenters. The van der Waals surface area contributed by atoms with Crippen LogP contribution in [0.2, 0.25) is 0 Å². The molecule has 0 aromatic heterocycles. The second-order valence-electron chi connectivity index (χ2n) is 4.71. The molecule has 0 bridgehead atoms.